The number of benzene rings is 1. The molecule has 1 aliphatic rings. The van der Waals surface area contributed by atoms with Crippen LogP contribution in [0.4, 0.5) is 13.2 Å². The molecule has 2 N–H and O–H groups in total. The molecule has 0 saturated heterocycles. The molecule has 1 heterocycles. The topological polar surface area (TPSA) is 35.2 Å². The summed E-state index contributed by atoms with van der Waals surface area (Å²) in [5, 5.41) is 0. The van der Waals surface area contributed by atoms with Gasteiger partial charge < -0.3 is 10.5 Å². The maximum atomic E-state index is 12.2. The summed E-state index contributed by atoms with van der Waals surface area (Å²) in [7, 11) is 0. The highest BCUT2D eigenvalue weighted by atomic mass is 79.9. The van der Waals surface area contributed by atoms with Gasteiger partial charge in [-0.2, -0.15) is 13.2 Å². The number of alkyl halides is 3. The van der Waals surface area contributed by atoms with Gasteiger partial charge in [0.05, 0.1) is 13.0 Å². The van der Waals surface area contributed by atoms with Crippen LogP contribution < -0.4 is 10.5 Å². The van der Waals surface area contributed by atoms with E-state index in [0.717, 1.165) is 22.0 Å². The minimum absolute atomic E-state index is 0.168. The SMILES string of the molecule is NC(Cc1cc(Br)cc2c1OCC2)CC(F)(F)F. The van der Waals surface area contributed by atoms with Crippen LogP contribution in [0.3, 0.4) is 0 Å². The fraction of sp³-hybridized carbons (Fsp3) is 0.500. The zero-order chi connectivity index (χ0) is 13.3. The number of hydrogen-bond donors (Lipinski definition) is 1. The largest absolute Gasteiger partial charge is 0.493 e. The summed E-state index contributed by atoms with van der Waals surface area (Å²) in [6, 6.07) is 2.77. The molecule has 0 fully saturated rings. The fourth-order valence-electron chi connectivity index (χ4n) is 2.15. The Bertz CT molecular complexity index is 448. The molecule has 2 rings (SSSR count). The van der Waals surface area contributed by atoms with E-state index in [0.29, 0.717) is 12.4 Å². The number of nitrogens with two attached hydrogens (primary N) is 1. The Balaban J connectivity index is 2.14. The first-order valence-electron chi connectivity index (χ1n) is 5.61. The second-order valence-corrected chi connectivity index (χ2v) is 5.35. The average molecular weight is 324 g/mol. The Hall–Kier alpha value is -0.750. The molecule has 1 aliphatic heterocycles. The van der Waals surface area contributed by atoms with Crippen LogP contribution in [0.5, 0.6) is 5.75 Å². The van der Waals surface area contributed by atoms with Crippen molar-refractivity contribution in [3.05, 3.63) is 27.7 Å². The summed E-state index contributed by atoms with van der Waals surface area (Å²) < 4.78 is 43.0. The van der Waals surface area contributed by atoms with E-state index in [4.69, 9.17) is 10.5 Å². The molecule has 1 unspecified atom stereocenters. The minimum Gasteiger partial charge on any atom is -0.493 e. The molecular weight excluding hydrogens is 311 g/mol. The number of ether oxygens (including phenoxy) is 1. The Morgan fingerprint density at radius 1 is 1.39 bits per heavy atom. The molecule has 0 aliphatic carbocycles. The smallest absolute Gasteiger partial charge is 0.390 e. The lowest BCUT2D eigenvalue weighted by Gasteiger charge is -2.16. The summed E-state index contributed by atoms with van der Waals surface area (Å²) in [5.41, 5.74) is 7.32. The molecule has 0 aromatic heterocycles. The molecule has 0 amide bonds. The summed E-state index contributed by atoms with van der Waals surface area (Å²) in [4.78, 5) is 0. The third-order valence-electron chi connectivity index (χ3n) is 2.80. The lowest BCUT2D eigenvalue weighted by Crippen LogP contribution is -2.29. The van der Waals surface area contributed by atoms with Crippen molar-refractivity contribution >= 4 is 15.9 Å². The minimum atomic E-state index is -4.23. The van der Waals surface area contributed by atoms with Crippen molar-refractivity contribution in [2.75, 3.05) is 6.61 Å². The molecule has 0 spiro atoms. The highest BCUT2D eigenvalue weighted by molar-refractivity contribution is 9.10. The highest BCUT2D eigenvalue weighted by Crippen LogP contribution is 2.34. The van der Waals surface area contributed by atoms with E-state index in [2.05, 4.69) is 15.9 Å². The van der Waals surface area contributed by atoms with Crippen LogP contribution in [0, 0.1) is 0 Å². The maximum absolute atomic E-state index is 12.2. The number of fused-ring (bicyclic) bond motifs is 1. The normalized spacial score (nSPS) is 16.3. The second-order valence-electron chi connectivity index (χ2n) is 4.44. The van der Waals surface area contributed by atoms with Gasteiger partial charge >= 0.3 is 6.18 Å². The van der Waals surface area contributed by atoms with Crippen molar-refractivity contribution in [1.29, 1.82) is 0 Å². The van der Waals surface area contributed by atoms with Gasteiger partial charge in [-0.25, -0.2) is 0 Å². The van der Waals surface area contributed by atoms with Crippen LogP contribution in [0.25, 0.3) is 0 Å². The summed E-state index contributed by atoms with van der Waals surface area (Å²) >= 11 is 3.35. The van der Waals surface area contributed by atoms with Crippen molar-refractivity contribution in [2.45, 2.75) is 31.5 Å². The van der Waals surface area contributed by atoms with Gasteiger partial charge in [-0.1, -0.05) is 15.9 Å². The number of halogens is 4. The Morgan fingerprint density at radius 3 is 2.78 bits per heavy atom. The zero-order valence-electron chi connectivity index (χ0n) is 9.56. The van der Waals surface area contributed by atoms with Crippen molar-refractivity contribution < 1.29 is 17.9 Å². The van der Waals surface area contributed by atoms with E-state index in [1.807, 2.05) is 6.07 Å². The first-order valence-corrected chi connectivity index (χ1v) is 6.41. The predicted octanol–water partition coefficient (Wildman–Crippen LogP) is 3.21. The van der Waals surface area contributed by atoms with E-state index in [1.165, 1.54) is 0 Å². The van der Waals surface area contributed by atoms with Crippen molar-refractivity contribution in [3.63, 3.8) is 0 Å². The second kappa shape index (κ2) is 5.09. The van der Waals surface area contributed by atoms with Crippen LogP contribution in [-0.2, 0) is 12.8 Å². The number of rotatable bonds is 3. The molecule has 0 bridgehead atoms. The summed E-state index contributed by atoms with van der Waals surface area (Å²) in [5.74, 6) is 0.704. The summed E-state index contributed by atoms with van der Waals surface area (Å²) in [6.45, 7) is 0.577. The Kier molecular flexibility index (Phi) is 3.87. The molecular formula is C12H13BrF3NO. The third-order valence-corrected chi connectivity index (χ3v) is 3.26. The van der Waals surface area contributed by atoms with Gasteiger partial charge in [-0.15, -0.1) is 0 Å². The third kappa shape index (κ3) is 3.38. The van der Waals surface area contributed by atoms with Crippen molar-refractivity contribution in [2.24, 2.45) is 5.73 Å². The van der Waals surface area contributed by atoms with E-state index >= 15 is 0 Å². The Labute approximate surface area is 111 Å². The van der Waals surface area contributed by atoms with Gasteiger partial charge in [-0.05, 0) is 29.7 Å². The molecule has 2 nitrogen and oxygen atoms in total. The standard InChI is InChI=1S/C12H13BrF3NO/c13-9-3-7-1-2-18-11(7)8(4-9)5-10(17)6-12(14,15)16/h3-4,10H,1-2,5-6,17H2. The Morgan fingerprint density at radius 2 is 2.11 bits per heavy atom. The highest BCUT2D eigenvalue weighted by Gasteiger charge is 2.31. The zero-order valence-corrected chi connectivity index (χ0v) is 11.1. The molecule has 100 valence electrons. The molecule has 6 heteroatoms. The van der Waals surface area contributed by atoms with Gasteiger partial charge in [0.25, 0.3) is 0 Å². The lowest BCUT2D eigenvalue weighted by atomic mass is 10.0. The predicted molar refractivity (Wildman–Crippen MR) is 65.7 cm³/mol. The quantitative estimate of drug-likeness (QED) is 0.927. The first kappa shape index (κ1) is 13.7. The van der Waals surface area contributed by atoms with Gasteiger partial charge in [0.15, 0.2) is 0 Å². The van der Waals surface area contributed by atoms with Crippen LogP contribution >= 0.6 is 15.9 Å². The first-order chi connectivity index (χ1) is 8.35. The number of hydrogen-bond acceptors (Lipinski definition) is 2. The molecule has 0 saturated carbocycles. The van der Waals surface area contributed by atoms with Crippen molar-refractivity contribution in [3.8, 4) is 5.75 Å². The molecule has 1 aromatic carbocycles. The molecule has 0 radical (unpaired) electrons. The van der Waals surface area contributed by atoms with Crippen LogP contribution in [-0.4, -0.2) is 18.8 Å². The molecule has 1 aromatic rings. The maximum Gasteiger partial charge on any atom is 0.390 e. The van der Waals surface area contributed by atoms with Gasteiger partial charge in [-0.3, -0.25) is 0 Å². The van der Waals surface area contributed by atoms with E-state index in [9.17, 15) is 13.2 Å². The van der Waals surface area contributed by atoms with Crippen LogP contribution in [0.1, 0.15) is 17.5 Å². The monoisotopic (exact) mass is 323 g/mol. The molecule has 1 atom stereocenters. The lowest BCUT2D eigenvalue weighted by molar-refractivity contribution is -0.138. The van der Waals surface area contributed by atoms with Crippen molar-refractivity contribution in [1.82, 2.24) is 0 Å². The van der Waals surface area contributed by atoms with Gasteiger partial charge in [0.1, 0.15) is 5.75 Å². The fourth-order valence-corrected chi connectivity index (χ4v) is 2.70. The van der Waals surface area contributed by atoms with Crippen LogP contribution in [0.15, 0.2) is 16.6 Å². The summed E-state index contributed by atoms with van der Waals surface area (Å²) in [6.07, 6.45) is -4.25. The average Bonchev–Trinajstić information content (AvgIpc) is 2.61. The van der Waals surface area contributed by atoms with Gasteiger partial charge in [0.2, 0.25) is 0 Å². The van der Waals surface area contributed by atoms with Crippen LogP contribution in [0.2, 0.25) is 0 Å². The van der Waals surface area contributed by atoms with E-state index in [1.54, 1.807) is 6.07 Å². The van der Waals surface area contributed by atoms with E-state index in [-0.39, 0.29) is 6.42 Å². The van der Waals surface area contributed by atoms with E-state index < -0.39 is 18.6 Å². The molecule has 18 heavy (non-hydrogen) atoms. The van der Waals surface area contributed by atoms with Gasteiger partial charge in [0, 0.05) is 16.9 Å².